The number of rotatable bonds is 6. The van der Waals surface area contributed by atoms with Gasteiger partial charge in [-0.1, -0.05) is 24.3 Å². The average molecular weight is 473 g/mol. The summed E-state index contributed by atoms with van der Waals surface area (Å²) < 4.78 is 11.9. The molecule has 0 aliphatic rings. The Bertz CT molecular complexity index is 1140. The van der Waals surface area contributed by atoms with E-state index < -0.39 is 11.9 Å². The summed E-state index contributed by atoms with van der Waals surface area (Å²) in [6.45, 7) is 0. The lowest BCUT2D eigenvalue weighted by Gasteiger charge is -2.14. The Labute approximate surface area is 195 Å². The second kappa shape index (κ2) is 10.5. The van der Waals surface area contributed by atoms with E-state index in [1.165, 1.54) is 24.3 Å². The van der Waals surface area contributed by atoms with E-state index in [0.29, 0.717) is 23.0 Å². The fraction of sp³-hybridized carbons (Fsp3) is 0. The third-order valence-corrected chi connectivity index (χ3v) is 4.47. The van der Waals surface area contributed by atoms with E-state index in [0.717, 1.165) is 10.8 Å². The maximum absolute atomic E-state index is 11.0. The summed E-state index contributed by atoms with van der Waals surface area (Å²) >= 11 is 0. The first kappa shape index (κ1) is 24.5. The highest BCUT2D eigenvalue weighted by atomic mass is 35.5. The van der Waals surface area contributed by atoms with Crippen molar-refractivity contribution in [2.45, 2.75) is 0 Å². The molecule has 6 nitrogen and oxygen atoms in total. The van der Waals surface area contributed by atoms with Gasteiger partial charge in [0.05, 0.1) is 11.1 Å². The predicted molar refractivity (Wildman–Crippen MR) is 125 cm³/mol. The van der Waals surface area contributed by atoms with Crippen LogP contribution in [0.4, 0.5) is 0 Å². The molecule has 0 unspecified atom stereocenters. The molecular weight excluding hydrogens is 455 g/mol. The molecule has 0 bridgehead atoms. The minimum atomic E-state index is -1.01. The summed E-state index contributed by atoms with van der Waals surface area (Å²) in [6.07, 6.45) is 0. The highest BCUT2D eigenvalue weighted by molar-refractivity contribution is 5.89. The number of hydrogen-bond acceptors (Lipinski definition) is 4. The van der Waals surface area contributed by atoms with Crippen molar-refractivity contribution in [3.63, 3.8) is 0 Å². The van der Waals surface area contributed by atoms with Crippen molar-refractivity contribution in [1.82, 2.24) is 0 Å². The highest BCUT2D eigenvalue weighted by Crippen LogP contribution is 2.38. The molecule has 0 saturated heterocycles. The van der Waals surface area contributed by atoms with Crippen LogP contribution in [0.5, 0.6) is 23.0 Å². The number of carbonyl (C=O) groups is 2. The molecule has 0 fully saturated rings. The normalized spacial score (nSPS) is 9.88. The Morgan fingerprint density at radius 2 is 0.906 bits per heavy atom. The summed E-state index contributed by atoms with van der Waals surface area (Å²) in [7, 11) is 0. The van der Waals surface area contributed by atoms with Gasteiger partial charge in [-0.15, -0.1) is 24.8 Å². The molecule has 0 radical (unpaired) electrons. The van der Waals surface area contributed by atoms with Crippen LogP contribution in [0.1, 0.15) is 20.7 Å². The molecule has 0 aliphatic heterocycles. The Morgan fingerprint density at radius 3 is 1.22 bits per heavy atom. The quantitative estimate of drug-likeness (QED) is 0.325. The van der Waals surface area contributed by atoms with Crippen LogP contribution in [0.15, 0.2) is 84.9 Å². The van der Waals surface area contributed by atoms with Crippen LogP contribution in [0.25, 0.3) is 10.8 Å². The molecule has 0 aromatic heterocycles. The standard InChI is InChI=1S/C24H16O6.2ClH/c25-23(26)15-5-9-19(10-6-15)29-21-13-17-3-1-2-4-18(17)14-22(21)30-20-11-7-16(8-12-20)24(27)28;;/h1-14H,(H,25,26)(H,27,28);2*1H. The van der Waals surface area contributed by atoms with Crippen LogP contribution in [-0.2, 0) is 0 Å². The van der Waals surface area contributed by atoms with Gasteiger partial charge in [0.15, 0.2) is 11.5 Å². The van der Waals surface area contributed by atoms with E-state index in [9.17, 15) is 9.59 Å². The van der Waals surface area contributed by atoms with Gasteiger partial charge in [0.2, 0.25) is 0 Å². The molecular formula is C24H18Cl2O6. The van der Waals surface area contributed by atoms with Gasteiger partial charge >= 0.3 is 11.9 Å². The van der Waals surface area contributed by atoms with Gasteiger partial charge in [0.1, 0.15) is 11.5 Å². The van der Waals surface area contributed by atoms with Crippen LogP contribution in [0.2, 0.25) is 0 Å². The number of aromatic carboxylic acids is 2. The minimum Gasteiger partial charge on any atom is -0.478 e. The van der Waals surface area contributed by atoms with Crippen molar-refractivity contribution in [2.24, 2.45) is 0 Å². The number of benzene rings is 4. The second-order valence-electron chi connectivity index (χ2n) is 6.51. The highest BCUT2D eigenvalue weighted by Gasteiger charge is 2.12. The summed E-state index contributed by atoms with van der Waals surface area (Å²) in [5.74, 6) is -0.219. The van der Waals surface area contributed by atoms with E-state index in [1.807, 2.05) is 36.4 Å². The lowest BCUT2D eigenvalue weighted by Crippen LogP contribution is -1.96. The lowest BCUT2D eigenvalue weighted by molar-refractivity contribution is 0.0686. The van der Waals surface area contributed by atoms with Crippen LogP contribution in [0, 0.1) is 0 Å². The number of carboxylic acids is 2. The number of carboxylic acid groups (broad SMARTS) is 2. The molecule has 0 amide bonds. The number of fused-ring (bicyclic) bond motifs is 1. The van der Waals surface area contributed by atoms with E-state index >= 15 is 0 Å². The summed E-state index contributed by atoms with van der Waals surface area (Å²) in [5, 5.41) is 20.0. The minimum absolute atomic E-state index is 0. The molecule has 32 heavy (non-hydrogen) atoms. The molecule has 0 spiro atoms. The van der Waals surface area contributed by atoms with Gasteiger partial charge in [-0.2, -0.15) is 0 Å². The third-order valence-electron chi connectivity index (χ3n) is 4.47. The lowest BCUT2D eigenvalue weighted by atomic mass is 10.1. The van der Waals surface area contributed by atoms with Crippen molar-refractivity contribution in [1.29, 1.82) is 0 Å². The van der Waals surface area contributed by atoms with Crippen molar-refractivity contribution in [3.05, 3.63) is 96.1 Å². The fourth-order valence-corrected chi connectivity index (χ4v) is 2.94. The molecule has 0 atom stereocenters. The topological polar surface area (TPSA) is 93.1 Å². The smallest absolute Gasteiger partial charge is 0.335 e. The Kier molecular flexibility index (Phi) is 8.07. The first-order chi connectivity index (χ1) is 14.5. The van der Waals surface area contributed by atoms with E-state index in [1.54, 1.807) is 24.3 Å². The molecule has 0 aliphatic carbocycles. The van der Waals surface area contributed by atoms with Gasteiger partial charge in [0.25, 0.3) is 0 Å². The Hall–Kier alpha value is -3.74. The largest absolute Gasteiger partial charge is 0.478 e. The maximum Gasteiger partial charge on any atom is 0.335 e. The van der Waals surface area contributed by atoms with Gasteiger partial charge in [-0.25, -0.2) is 9.59 Å². The molecule has 164 valence electrons. The molecule has 4 aromatic carbocycles. The van der Waals surface area contributed by atoms with E-state index in [2.05, 4.69) is 0 Å². The number of halogens is 2. The zero-order valence-electron chi connectivity index (χ0n) is 16.4. The van der Waals surface area contributed by atoms with Crippen LogP contribution in [0.3, 0.4) is 0 Å². The van der Waals surface area contributed by atoms with Crippen molar-refractivity contribution in [2.75, 3.05) is 0 Å². The van der Waals surface area contributed by atoms with E-state index in [4.69, 9.17) is 19.7 Å². The first-order valence-electron chi connectivity index (χ1n) is 9.05. The van der Waals surface area contributed by atoms with Gasteiger partial charge in [0, 0.05) is 0 Å². The SMILES string of the molecule is Cl.Cl.O=C(O)c1ccc(Oc2cc3ccccc3cc2Oc2ccc(C(=O)O)cc2)cc1. The van der Waals surface area contributed by atoms with Crippen LogP contribution in [-0.4, -0.2) is 22.2 Å². The van der Waals surface area contributed by atoms with Crippen molar-refractivity contribution < 1.29 is 29.3 Å². The predicted octanol–water partition coefficient (Wildman–Crippen LogP) is 6.66. The molecule has 8 heteroatoms. The van der Waals surface area contributed by atoms with Crippen LogP contribution < -0.4 is 9.47 Å². The number of hydrogen-bond donors (Lipinski definition) is 2. The zero-order chi connectivity index (χ0) is 21.1. The zero-order valence-corrected chi connectivity index (χ0v) is 18.1. The Balaban J connectivity index is 0.00000181. The number of ether oxygens (including phenoxy) is 2. The fourth-order valence-electron chi connectivity index (χ4n) is 2.94. The summed E-state index contributed by atoms with van der Waals surface area (Å²) in [4.78, 5) is 22.1. The molecule has 0 saturated carbocycles. The molecule has 4 rings (SSSR count). The van der Waals surface area contributed by atoms with Gasteiger partial charge < -0.3 is 19.7 Å². The average Bonchev–Trinajstić information content (AvgIpc) is 2.75. The second-order valence-corrected chi connectivity index (χ2v) is 6.51. The first-order valence-corrected chi connectivity index (χ1v) is 9.05. The van der Waals surface area contributed by atoms with Crippen molar-refractivity contribution >= 4 is 47.5 Å². The summed E-state index contributed by atoms with van der Waals surface area (Å²) in [5.41, 5.74) is 0.326. The van der Waals surface area contributed by atoms with Crippen LogP contribution >= 0.6 is 24.8 Å². The molecule has 2 N–H and O–H groups in total. The van der Waals surface area contributed by atoms with E-state index in [-0.39, 0.29) is 35.9 Å². The monoisotopic (exact) mass is 472 g/mol. The van der Waals surface area contributed by atoms with Gasteiger partial charge in [-0.05, 0) is 71.4 Å². The molecule has 4 aromatic rings. The van der Waals surface area contributed by atoms with Gasteiger partial charge in [-0.3, -0.25) is 0 Å². The third kappa shape index (κ3) is 5.49. The molecule has 0 heterocycles. The maximum atomic E-state index is 11.0. The summed E-state index contributed by atoms with van der Waals surface area (Å²) in [6, 6.07) is 23.5. The van der Waals surface area contributed by atoms with Crippen molar-refractivity contribution in [3.8, 4) is 23.0 Å². The Morgan fingerprint density at radius 1 is 0.562 bits per heavy atom.